The number of amides is 2. The standard InChI is InChI=1S/C32H39Cl2N3O7S/c1-6-17-35-32(39)28(7-2)36(20-22-9-10-23(33)18-27(22)34)31(38)21-37(24-11-13-25(14-12-24)44-8-3)45(40,41)26-15-16-29(42-4)30(19-26)43-5/h9-16,18-19,28H,6-8,17,20-21H2,1-5H3,(H,35,39). The molecule has 0 aliphatic rings. The van der Waals surface area contributed by atoms with Crippen molar-refractivity contribution in [2.24, 2.45) is 0 Å². The molecule has 0 radical (unpaired) electrons. The Balaban J connectivity index is 2.12. The lowest BCUT2D eigenvalue weighted by molar-refractivity contribution is -0.140. The summed E-state index contributed by atoms with van der Waals surface area (Å²) in [4.78, 5) is 28.8. The second kappa shape index (κ2) is 16.6. The molecule has 2 amide bonds. The van der Waals surface area contributed by atoms with Crippen molar-refractivity contribution in [1.82, 2.24) is 10.2 Å². The number of anilines is 1. The van der Waals surface area contributed by atoms with Crippen LogP contribution in [0.15, 0.2) is 65.6 Å². The monoisotopic (exact) mass is 679 g/mol. The van der Waals surface area contributed by atoms with Crippen molar-refractivity contribution in [3.63, 3.8) is 0 Å². The molecule has 0 aromatic heterocycles. The highest BCUT2D eigenvalue weighted by Crippen LogP contribution is 2.33. The summed E-state index contributed by atoms with van der Waals surface area (Å²) in [5.41, 5.74) is 0.765. The van der Waals surface area contributed by atoms with Crippen LogP contribution in [0.5, 0.6) is 17.2 Å². The van der Waals surface area contributed by atoms with Gasteiger partial charge in [0, 0.05) is 29.2 Å². The van der Waals surface area contributed by atoms with Crippen molar-refractivity contribution in [1.29, 1.82) is 0 Å². The molecule has 45 heavy (non-hydrogen) atoms. The fraction of sp³-hybridized carbons (Fsp3) is 0.375. The van der Waals surface area contributed by atoms with Gasteiger partial charge in [0.15, 0.2) is 11.5 Å². The molecule has 0 bridgehead atoms. The predicted molar refractivity (Wildman–Crippen MR) is 176 cm³/mol. The number of ether oxygens (including phenoxy) is 3. The molecule has 3 aromatic rings. The van der Waals surface area contributed by atoms with Gasteiger partial charge in [-0.25, -0.2) is 8.42 Å². The molecule has 1 atom stereocenters. The number of nitrogens with one attached hydrogen (secondary N) is 1. The van der Waals surface area contributed by atoms with E-state index in [0.717, 1.165) is 4.31 Å². The normalized spacial score (nSPS) is 11.8. The van der Waals surface area contributed by atoms with E-state index in [0.29, 0.717) is 46.7 Å². The lowest BCUT2D eigenvalue weighted by atomic mass is 10.1. The summed E-state index contributed by atoms with van der Waals surface area (Å²) >= 11 is 12.6. The van der Waals surface area contributed by atoms with Gasteiger partial charge in [0.25, 0.3) is 10.0 Å². The van der Waals surface area contributed by atoms with E-state index in [2.05, 4.69) is 5.32 Å². The Kier molecular flexibility index (Phi) is 13.2. The fourth-order valence-electron chi connectivity index (χ4n) is 4.63. The zero-order valence-corrected chi connectivity index (χ0v) is 28.3. The summed E-state index contributed by atoms with van der Waals surface area (Å²) in [7, 11) is -1.51. The molecule has 10 nitrogen and oxygen atoms in total. The molecule has 0 aliphatic heterocycles. The Morgan fingerprint density at radius 2 is 1.60 bits per heavy atom. The third-order valence-electron chi connectivity index (χ3n) is 6.95. The van der Waals surface area contributed by atoms with Crippen LogP contribution in [0.25, 0.3) is 0 Å². The lowest BCUT2D eigenvalue weighted by Crippen LogP contribution is -2.52. The van der Waals surface area contributed by atoms with Crippen LogP contribution in [0.3, 0.4) is 0 Å². The highest BCUT2D eigenvalue weighted by atomic mass is 35.5. The average Bonchev–Trinajstić information content (AvgIpc) is 3.03. The van der Waals surface area contributed by atoms with Crippen molar-refractivity contribution >= 4 is 50.7 Å². The molecular formula is C32H39Cl2N3O7S. The maximum absolute atomic E-state index is 14.3. The third kappa shape index (κ3) is 8.96. The molecule has 244 valence electrons. The maximum Gasteiger partial charge on any atom is 0.264 e. The van der Waals surface area contributed by atoms with Gasteiger partial charge in [-0.05, 0) is 73.9 Å². The van der Waals surface area contributed by atoms with Gasteiger partial charge in [0.2, 0.25) is 11.8 Å². The van der Waals surface area contributed by atoms with Gasteiger partial charge in [0.05, 0.1) is 31.4 Å². The van der Waals surface area contributed by atoms with E-state index in [1.54, 1.807) is 49.4 Å². The Bertz CT molecular complexity index is 1570. The lowest BCUT2D eigenvalue weighted by Gasteiger charge is -2.33. The number of halogens is 2. The number of carbonyl (C=O) groups is 2. The zero-order valence-electron chi connectivity index (χ0n) is 26.0. The molecule has 13 heteroatoms. The zero-order chi connectivity index (χ0) is 33.1. The number of rotatable bonds is 16. The largest absolute Gasteiger partial charge is 0.494 e. The fourth-order valence-corrected chi connectivity index (χ4v) is 6.53. The summed E-state index contributed by atoms with van der Waals surface area (Å²) in [6, 6.07) is 14.5. The summed E-state index contributed by atoms with van der Waals surface area (Å²) in [6.45, 7) is 5.71. The van der Waals surface area contributed by atoms with E-state index in [4.69, 9.17) is 37.4 Å². The molecule has 0 fully saturated rings. The van der Waals surface area contributed by atoms with Crippen LogP contribution in [-0.2, 0) is 26.2 Å². The predicted octanol–water partition coefficient (Wildman–Crippen LogP) is 5.94. The van der Waals surface area contributed by atoms with Crippen LogP contribution >= 0.6 is 23.2 Å². The number of sulfonamides is 1. The quantitative estimate of drug-likeness (QED) is 0.199. The number of carbonyl (C=O) groups excluding carboxylic acids is 2. The minimum atomic E-state index is -4.35. The van der Waals surface area contributed by atoms with Crippen molar-refractivity contribution < 1.29 is 32.2 Å². The minimum Gasteiger partial charge on any atom is -0.494 e. The maximum atomic E-state index is 14.3. The molecule has 3 rings (SSSR count). The van der Waals surface area contributed by atoms with E-state index in [1.807, 2.05) is 13.8 Å². The van der Waals surface area contributed by atoms with Crippen LogP contribution in [-0.4, -0.2) is 65.1 Å². The van der Waals surface area contributed by atoms with E-state index >= 15 is 0 Å². The second-order valence-corrected chi connectivity index (χ2v) is 12.6. The van der Waals surface area contributed by atoms with Gasteiger partial charge < -0.3 is 24.4 Å². The van der Waals surface area contributed by atoms with Crippen molar-refractivity contribution in [2.45, 2.75) is 51.1 Å². The SMILES string of the molecule is CCCNC(=O)C(CC)N(Cc1ccc(Cl)cc1Cl)C(=O)CN(c1ccc(OCC)cc1)S(=O)(=O)c1ccc(OC)c(OC)c1. The van der Waals surface area contributed by atoms with Crippen molar-refractivity contribution in [3.05, 3.63) is 76.3 Å². The number of methoxy groups -OCH3 is 2. The smallest absolute Gasteiger partial charge is 0.264 e. The van der Waals surface area contributed by atoms with Gasteiger partial charge in [-0.15, -0.1) is 0 Å². The molecular weight excluding hydrogens is 641 g/mol. The molecule has 0 spiro atoms. The Labute approximate surface area is 275 Å². The first-order chi connectivity index (χ1) is 21.5. The third-order valence-corrected chi connectivity index (χ3v) is 9.31. The van der Waals surface area contributed by atoms with Crippen LogP contribution < -0.4 is 23.8 Å². The molecule has 1 N–H and O–H groups in total. The number of nitrogens with zero attached hydrogens (tertiary/aromatic N) is 2. The minimum absolute atomic E-state index is 0.0551. The molecule has 1 unspecified atom stereocenters. The van der Waals surface area contributed by atoms with E-state index < -0.39 is 28.5 Å². The van der Waals surface area contributed by atoms with Crippen molar-refractivity contribution in [2.75, 3.05) is 38.2 Å². The summed E-state index contributed by atoms with van der Waals surface area (Å²) in [5.74, 6) is 0.114. The number of benzene rings is 3. The highest BCUT2D eigenvalue weighted by molar-refractivity contribution is 7.92. The summed E-state index contributed by atoms with van der Waals surface area (Å²) in [5, 5.41) is 3.58. The molecule has 0 saturated carbocycles. The van der Waals surface area contributed by atoms with E-state index in [9.17, 15) is 18.0 Å². The van der Waals surface area contributed by atoms with Gasteiger partial charge in [-0.3, -0.25) is 13.9 Å². The molecule has 0 saturated heterocycles. The summed E-state index contributed by atoms with van der Waals surface area (Å²) < 4.78 is 45.7. The van der Waals surface area contributed by atoms with Gasteiger partial charge in [-0.1, -0.05) is 43.1 Å². The van der Waals surface area contributed by atoms with Crippen molar-refractivity contribution in [3.8, 4) is 17.2 Å². The number of hydrogen-bond donors (Lipinski definition) is 1. The van der Waals surface area contributed by atoms with Gasteiger partial charge >= 0.3 is 0 Å². The Morgan fingerprint density at radius 1 is 0.911 bits per heavy atom. The topological polar surface area (TPSA) is 114 Å². The van der Waals surface area contributed by atoms with E-state index in [1.165, 1.54) is 37.3 Å². The van der Waals surface area contributed by atoms with Crippen LogP contribution in [0.4, 0.5) is 5.69 Å². The van der Waals surface area contributed by atoms with Crippen LogP contribution in [0.2, 0.25) is 10.0 Å². The van der Waals surface area contributed by atoms with Crippen LogP contribution in [0, 0.1) is 0 Å². The summed E-state index contributed by atoms with van der Waals surface area (Å²) in [6.07, 6.45) is 0.978. The molecule has 3 aromatic carbocycles. The first kappa shape index (κ1) is 35.8. The van der Waals surface area contributed by atoms with Crippen LogP contribution in [0.1, 0.15) is 39.2 Å². The Hall–Kier alpha value is -3.67. The Morgan fingerprint density at radius 3 is 2.18 bits per heavy atom. The first-order valence-corrected chi connectivity index (χ1v) is 16.7. The first-order valence-electron chi connectivity index (χ1n) is 14.5. The second-order valence-electron chi connectivity index (χ2n) is 9.93. The average molecular weight is 681 g/mol. The highest BCUT2D eigenvalue weighted by Gasteiger charge is 2.34. The van der Waals surface area contributed by atoms with E-state index in [-0.39, 0.29) is 35.2 Å². The van der Waals surface area contributed by atoms with Gasteiger partial charge in [0.1, 0.15) is 18.3 Å². The number of hydrogen-bond acceptors (Lipinski definition) is 7. The molecule has 0 aliphatic carbocycles. The molecule has 0 heterocycles. The van der Waals surface area contributed by atoms with Gasteiger partial charge in [-0.2, -0.15) is 0 Å².